The van der Waals surface area contributed by atoms with Gasteiger partial charge in [0.05, 0.1) is 17.5 Å². The first kappa shape index (κ1) is 25.7. The Bertz CT molecular complexity index is 2090. The van der Waals surface area contributed by atoms with Crippen molar-refractivity contribution in [2.24, 2.45) is 30.0 Å². The zero-order valence-corrected chi connectivity index (χ0v) is 23.1. The average molecular weight is 592 g/mol. The summed E-state index contributed by atoms with van der Waals surface area (Å²) in [6.07, 6.45) is 1.83. The van der Waals surface area contributed by atoms with Crippen LogP contribution in [0, 0.1) is 0 Å². The minimum absolute atomic E-state index is 0. The fourth-order valence-electron chi connectivity index (χ4n) is 5.28. The largest absolute Gasteiger partial charge is 2.00 e. The minimum Gasteiger partial charge on any atom is -0.398 e. The Morgan fingerprint density at radius 3 is 1.86 bits per heavy atom. The van der Waals surface area contributed by atoms with Gasteiger partial charge in [-0.05, 0) is 28.9 Å². The monoisotopic (exact) mass is 591 g/mol. The molecule has 5 aromatic rings. The maximum absolute atomic E-state index is 4.95. The third-order valence-corrected chi connectivity index (χ3v) is 7.24. The van der Waals surface area contributed by atoms with Gasteiger partial charge >= 0.3 is 17.1 Å². The Kier molecular flexibility index (Phi) is 6.31. The van der Waals surface area contributed by atoms with E-state index in [1.807, 2.05) is 103 Å². The maximum Gasteiger partial charge on any atom is 2.00 e. The number of aliphatic imine (C=N–C) groups is 6. The predicted molar refractivity (Wildman–Crippen MR) is 165 cm³/mol. The van der Waals surface area contributed by atoms with Gasteiger partial charge in [0.15, 0.2) is 0 Å². The number of amidine groups is 5. The van der Waals surface area contributed by atoms with Crippen LogP contribution in [-0.4, -0.2) is 42.4 Å². The van der Waals surface area contributed by atoms with E-state index in [4.69, 9.17) is 25.0 Å². The van der Waals surface area contributed by atoms with E-state index in [-0.39, 0.29) is 17.1 Å². The van der Waals surface area contributed by atoms with Crippen LogP contribution in [0.5, 0.6) is 0 Å². The smallest absolute Gasteiger partial charge is 0.398 e. The van der Waals surface area contributed by atoms with Crippen LogP contribution in [0.15, 0.2) is 127 Å². The number of aromatic nitrogens is 1. The standard InChI is InChI=1S/C33H20N8.Cu/c1-34-27-21-12-4-5-13-22(21)29(36-27)38-31-25-16-8-9-17-26(25)33(40-31)41-32-24-15-7-6-14-23(24)30(39-32)37-28-20-11-3-2-10-19(20)18-35-28;/h2-18H,1H3;/q-2;+2. The van der Waals surface area contributed by atoms with Gasteiger partial charge in [0.25, 0.3) is 0 Å². The SMILES string of the molecule is CN=C1[N-]C(=NC2=NC(=Nc3[n-]c(N=C4N=Cc5ccccc54)c4ccccc34)c3ccccc32)c2ccccc21.[Cu+2]. The van der Waals surface area contributed by atoms with E-state index in [9.17, 15) is 0 Å². The minimum atomic E-state index is 0. The van der Waals surface area contributed by atoms with Gasteiger partial charge in [0.1, 0.15) is 0 Å². The molecule has 0 saturated carbocycles. The van der Waals surface area contributed by atoms with E-state index >= 15 is 0 Å². The molecule has 42 heavy (non-hydrogen) atoms. The Morgan fingerprint density at radius 1 is 0.571 bits per heavy atom. The molecule has 0 N–H and O–H groups in total. The van der Waals surface area contributed by atoms with Gasteiger partial charge < -0.3 is 30.3 Å². The van der Waals surface area contributed by atoms with Crippen LogP contribution >= 0.6 is 0 Å². The van der Waals surface area contributed by atoms with E-state index in [1.54, 1.807) is 7.05 Å². The predicted octanol–water partition coefficient (Wildman–Crippen LogP) is 6.35. The molecule has 3 aliphatic rings. The number of benzene rings is 4. The molecule has 0 fully saturated rings. The van der Waals surface area contributed by atoms with Crippen molar-refractivity contribution < 1.29 is 17.1 Å². The third-order valence-electron chi connectivity index (χ3n) is 7.24. The molecule has 0 amide bonds. The van der Waals surface area contributed by atoms with E-state index in [0.29, 0.717) is 40.8 Å². The van der Waals surface area contributed by atoms with Crippen molar-refractivity contribution in [1.82, 2.24) is 4.98 Å². The van der Waals surface area contributed by atoms with Crippen LogP contribution < -0.4 is 4.98 Å². The second-order valence-electron chi connectivity index (χ2n) is 9.64. The van der Waals surface area contributed by atoms with E-state index in [1.165, 1.54) is 0 Å². The topological polar surface area (TPSA) is 102 Å². The van der Waals surface area contributed by atoms with Gasteiger partial charge in [-0.25, -0.2) is 4.99 Å². The molecule has 0 saturated heterocycles. The Hall–Kier alpha value is -5.24. The Balaban J connectivity index is 0.00000288. The van der Waals surface area contributed by atoms with Gasteiger partial charge in [-0.3, -0.25) is 4.99 Å². The normalized spacial score (nSPS) is 18.4. The zero-order valence-electron chi connectivity index (χ0n) is 22.2. The Morgan fingerprint density at radius 2 is 1.14 bits per heavy atom. The summed E-state index contributed by atoms with van der Waals surface area (Å²) in [5.74, 6) is 4.11. The van der Waals surface area contributed by atoms with Crippen molar-refractivity contribution >= 4 is 57.8 Å². The average Bonchev–Trinajstić information content (AvgIpc) is 3.78. The van der Waals surface area contributed by atoms with Crippen LogP contribution in [0.25, 0.3) is 16.1 Å². The second-order valence-corrected chi connectivity index (χ2v) is 9.64. The number of fused-ring (bicyclic) bond motifs is 4. The van der Waals surface area contributed by atoms with Crippen molar-refractivity contribution in [2.75, 3.05) is 7.05 Å². The summed E-state index contributed by atoms with van der Waals surface area (Å²) in [6.45, 7) is 0. The molecule has 203 valence electrons. The van der Waals surface area contributed by atoms with Gasteiger partial charge in [0, 0.05) is 51.8 Å². The van der Waals surface area contributed by atoms with Gasteiger partial charge in [0.2, 0.25) is 0 Å². The van der Waals surface area contributed by atoms with Crippen molar-refractivity contribution in [2.45, 2.75) is 0 Å². The van der Waals surface area contributed by atoms with Crippen LogP contribution in [-0.2, 0) is 17.1 Å². The number of hydrogen-bond donors (Lipinski definition) is 0. The molecule has 0 atom stereocenters. The molecule has 4 heterocycles. The first-order valence-corrected chi connectivity index (χ1v) is 13.2. The first-order valence-electron chi connectivity index (χ1n) is 13.2. The van der Waals surface area contributed by atoms with Crippen LogP contribution in [0.2, 0.25) is 0 Å². The summed E-state index contributed by atoms with van der Waals surface area (Å²) in [5, 5.41) is 6.47. The number of hydrogen-bond acceptors (Lipinski definition) is 4. The summed E-state index contributed by atoms with van der Waals surface area (Å²) in [4.78, 5) is 33.3. The summed E-state index contributed by atoms with van der Waals surface area (Å²) >= 11 is 0. The molecule has 9 heteroatoms. The van der Waals surface area contributed by atoms with E-state index in [0.717, 1.165) is 44.2 Å². The number of nitrogens with zero attached hydrogens (tertiary/aromatic N) is 8. The fourth-order valence-corrected chi connectivity index (χ4v) is 5.28. The van der Waals surface area contributed by atoms with Crippen molar-refractivity contribution in [1.29, 1.82) is 0 Å². The van der Waals surface area contributed by atoms with Crippen LogP contribution in [0.3, 0.4) is 0 Å². The fraction of sp³-hybridized carbons (Fsp3) is 0.0303. The molecular formula is C33H20CuN8. The van der Waals surface area contributed by atoms with Crippen molar-refractivity contribution in [3.63, 3.8) is 0 Å². The molecule has 0 unspecified atom stereocenters. The molecule has 0 spiro atoms. The van der Waals surface area contributed by atoms with Gasteiger partial charge in [-0.1, -0.05) is 97.1 Å². The van der Waals surface area contributed by atoms with E-state index < -0.39 is 0 Å². The molecule has 0 bridgehead atoms. The summed E-state index contributed by atoms with van der Waals surface area (Å²) in [7, 11) is 1.74. The van der Waals surface area contributed by atoms with E-state index in [2.05, 4.69) is 15.3 Å². The quantitative estimate of drug-likeness (QED) is 0.219. The van der Waals surface area contributed by atoms with Gasteiger partial charge in [-0.2, -0.15) is 0 Å². The molecule has 8 rings (SSSR count). The van der Waals surface area contributed by atoms with Gasteiger partial charge in [-0.15, -0.1) is 0 Å². The molecule has 1 radical (unpaired) electrons. The maximum atomic E-state index is 4.95. The molecule has 4 aromatic carbocycles. The second kappa shape index (κ2) is 10.3. The van der Waals surface area contributed by atoms with Crippen molar-refractivity contribution in [3.05, 3.63) is 136 Å². The molecular weight excluding hydrogens is 572 g/mol. The first-order chi connectivity index (χ1) is 20.3. The summed E-state index contributed by atoms with van der Waals surface area (Å²) in [5.41, 5.74) is 5.70. The molecule has 0 aliphatic carbocycles. The third kappa shape index (κ3) is 4.15. The van der Waals surface area contributed by atoms with Crippen LogP contribution in [0.1, 0.15) is 33.4 Å². The zero-order chi connectivity index (χ0) is 27.3. The molecule has 1 aromatic heterocycles. The van der Waals surface area contributed by atoms with Crippen LogP contribution in [0.4, 0.5) is 11.6 Å². The number of rotatable bonds is 2. The summed E-state index contributed by atoms with van der Waals surface area (Å²) < 4.78 is 0. The summed E-state index contributed by atoms with van der Waals surface area (Å²) in [6, 6.07) is 31.9. The van der Waals surface area contributed by atoms with Crippen molar-refractivity contribution in [3.8, 4) is 0 Å². The Labute approximate surface area is 252 Å². The molecule has 3 aliphatic heterocycles. The molecule has 8 nitrogen and oxygen atoms in total.